The van der Waals surface area contributed by atoms with Gasteiger partial charge in [0, 0.05) is 44.6 Å². The van der Waals surface area contributed by atoms with Gasteiger partial charge < -0.3 is 34.7 Å². The van der Waals surface area contributed by atoms with Crippen LogP contribution in [0.3, 0.4) is 0 Å². The number of hydrogen-bond donors (Lipinski definition) is 3. The molecule has 2 amide bonds. The van der Waals surface area contributed by atoms with Gasteiger partial charge in [0.05, 0.1) is 6.42 Å². The topological polar surface area (TPSA) is 157 Å². The van der Waals surface area contributed by atoms with E-state index in [0.717, 1.165) is 32.1 Å². The minimum absolute atomic E-state index is 0.0571. The highest BCUT2D eigenvalue weighted by Gasteiger charge is 2.24. The number of esters is 1. The van der Waals surface area contributed by atoms with E-state index in [-0.39, 0.29) is 37.8 Å². The summed E-state index contributed by atoms with van der Waals surface area (Å²) in [5.41, 5.74) is -1.15. The molecule has 0 aliphatic heterocycles. The molecular formula is C36H63N3O9. The second-order valence-corrected chi connectivity index (χ2v) is 14.4. The van der Waals surface area contributed by atoms with Gasteiger partial charge in [0.25, 0.3) is 0 Å². The van der Waals surface area contributed by atoms with Crippen LogP contribution in [-0.4, -0.2) is 74.6 Å². The lowest BCUT2D eigenvalue weighted by Crippen LogP contribution is -2.40. The zero-order valence-electron chi connectivity index (χ0n) is 30.4. The highest BCUT2D eigenvalue weighted by atomic mass is 16.7. The molecule has 1 rings (SSSR count). The number of nitrogens with one attached hydrogen (secondary N) is 1. The smallest absolute Gasteiger partial charge is 0.410 e. The molecule has 0 aromatic carbocycles. The van der Waals surface area contributed by atoms with Crippen molar-refractivity contribution in [2.45, 2.75) is 162 Å². The van der Waals surface area contributed by atoms with Gasteiger partial charge in [0.1, 0.15) is 11.2 Å². The Hall–Kier alpha value is -3.44. The number of carbonyl (C=O) groups is 4. The summed E-state index contributed by atoms with van der Waals surface area (Å²) in [6, 6.07) is 2.34. The lowest BCUT2D eigenvalue weighted by atomic mass is 10.0. The second kappa shape index (κ2) is 23.0. The van der Waals surface area contributed by atoms with Gasteiger partial charge in [-0.2, -0.15) is 0 Å². The summed E-state index contributed by atoms with van der Waals surface area (Å²) in [5.74, 6) is -1.95. The molecular weight excluding hydrogens is 618 g/mol. The molecule has 1 heterocycles. The predicted octanol–water partition coefficient (Wildman–Crippen LogP) is 7.18. The number of hydrogen-bond acceptors (Lipinski definition) is 9. The van der Waals surface area contributed by atoms with Gasteiger partial charge >= 0.3 is 18.0 Å². The minimum Gasteiger partial charge on any atom is -0.492 e. The van der Waals surface area contributed by atoms with Crippen molar-refractivity contribution in [3.63, 3.8) is 0 Å². The first kappa shape index (κ1) is 42.6. The van der Waals surface area contributed by atoms with Gasteiger partial charge in [-0.25, -0.2) is 9.59 Å². The molecule has 0 atom stereocenters. The van der Waals surface area contributed by atoms with Crippen LogP contribution in [0.4, 0.5) is 4.79 Å². The van der Waals surface area contributed by atoms with Crippen molar-refractivity contribution in [3.8, 4) is 11.8 Å². The van der Waals surface area contributed by atoms with E-state index in [1.807, 2.05) is 20.8 Å². The number of carbonyl (C=O) groups excluding carboxylic acids is 4. The average molecular weight is 682 g/mol. The van der Waals surface area contributed by atoms with Crippen molar-refractivity contribution in [1.82, 2.24) is 14.9 Å². The molecule has 12 nitrogen and oxygen atoms in total. The van der Waals surface area contributed by atoms with Gasteiger partial charge in [0.15, 0.2) is 0 Å². The lowest BCUT2D eigenvalue weighted by molar-refractivity contribution is -0.155. The molecule has 0 bridgehead atoms. The summed E-state index contributed by atoms with van der Waals surface area (Å²) in [7, 11) is 0. The maximum absolute atomic E-state index is 12.7. The minimum atomic E-state index is -0.786. The summed E-state index contributed by atoms with van der Waals surface area (Å²) in [5, 5.41) is 22.2. The van der Waals surface area contributed by atoms with E-state index in [0.29, 0.717) is 17.7 Å². The van der Waals surface area contributed by atoms with Crippen LogP contribution in [0.1, 0.15) is 151 Å². The number of unbranched alkanes of at least 4 members (excludes halogenated alkanes) is 13. The zero-order chi connectivity index (χ0) is 36.0. The third kappa shape index (κ3) is 22.2. The van der Waals surface area contributed by atoms with Gasteiger partial charge in [0.2, 0.25) is 17.7 Å². The summed E-state index contributed by atoms with van der Waals surface area (Å²) in [6.45, 7) is 11.4. The summed E-state index contributed by atoms with van der Waals surface area (Å²) in [4.78, 5) is 55.3. The maximum atomic E-state index is 12.7. The van der Waals surface area contributed by atoms with E-state index in [1.165, 1.54) is 74.8 Å². The maximum Gasteiger partial charge on any atom is 0.410 e. The van der Waals surface area contributed by atoms with Gasteiger partial charge in [-0.1, -0.05) is 77.0 Å². The van der Waals surface area contributed by atoms with Crippen LogP contribution < -0.4 is 10.2 Å². The fourth-order valence-electron chi connectivity index (χ4n) is 4.95. The van der Waals surface area contributed by atoms with Crippen LogP contribution in [-0.2, 0) is 23.9 Å². The van der Waals surface area contributed by atoms with E-state index in [4.69, 9.17) is 14.3 Å². The zero-order valence-corrected chi connectivity index (χ0v) is 30.4. The molecule has 0 unspecified atom stereocenters. The lowest BCUT2D eigenvalue weighted by Gasteiger charge is -2.27. The standard InChI is InChI=1S/C36H63N3O9/c1-35(2,3)46-32(43)21-19-17-15-13-11-9-7-8-10-12-14-16-18-20-26-37-29(40)24-27-38(34(45)47-36(4,5)6)28-25-33(44)48-39-30(41)22-23-31(39)42/h22-23,41-42H,7-21,24-28H2,1-6H3,(H,37,40). The Morgan fingerprint density at radius 3 is 1.54 bits per heavy atom. The largest absolute Gasteiger partial charge is 0.492 e. The second-order valence-electron chi connectivity index (χ2n) is 14.4. The number of aromatic nitrogens is 1. The third-order valence-electron chi connectivity index (χ3n) is 7.39. The molecule has 0 saturated heterocycles. The molecule has 0 aliphatic carbocycles. The Kier molecular flexibility index (Phi) is 20.4. The van der Waals surface area contributed by atoms with Crippen molar-refractivity contribution in [2.75, 3.05) is 19.6 Å². The fourth-order valence-corrected chi connectivity index (χ4v) is 4.95. The molecule has 0 fully saturated rings. The Balaban J connectivity index is 2.10. The number of amides is 2. The molecule has 48 heavy (non-hydrogen) atoms. The van der Waals surface area contributed by atoms with Crippen LogP contribution >= 0.6 is 0 Å². The van der Waals surface area contributed by atoms with Crippen molar-refractivity contribution in [3.05, 3.63) is 12.1 Å². The molecule has 3 N–H and O–H groups in total. The van der Waals surface area contributed by atoms with E-state index in [2.05, 4.69) is 5.32 Å². The highest BCUT2D eigenvalue weighted by molar-refractivity contribution is 5.77. The first-order chi connectivity index (χ1) is 22.6. The Bertz CT molecular complexity index is 1070. The molecule has 0 radical (unpaired) electrons. The van der Waals surface area contributed by atoms with Crippen LogP contribution in [0.2, 0.25) is 0 Å². The quantitative estimate of drug-likeness (QED) is 0.0759. The van der Waals surface area contributed by atoms with Crippen molar-refractivity contribution < 1.29 is 43.7 Å². The molecule has 0 aliphatic rings. The number of ether oxygens (including phenoxy) is 2. The van der Waals surface area contributed by atoms with E-state index < -0.39 is 35.0 Å². The van der Waals surface area contributed by atoms with Crippen molar-refractivity contribution in [2.24, 2.45) is 0 Å². The average Bonchev–Trinajstić information content (AvgIpc) is 3.28. The molecule has 1 aromatic heterocycles. The van der Waals surface area contributed by atoms with Gasteiger partial charge in [-0.05, 0) is 54.4 Å². The van der Waals surface area contributed by atoms with Crippen LogP contribution in [0, 0.1) is 0 Å². The first-order valence-corrected chi connectivity index (χ1v) is 17.8. The molecule has 1 aromatic rings. The normalized spacial score (nSPS) is 11.6. The van der Waals surface area contributed by atoms with Crippen molar-refractivity contribution in [1.29, 1.82) is 0 Å². The van der Waals surface area contributed by atoms with Crippen LogP contribution in [0.25, 0.3) is 0 Å². The highest BCUT2D eigenvalue weighted by Crippen LogP contribution is 2.19. The van der Waals surface area contributed by atoms with Crippen LogP contribution in [0.15, 0.2) is 12.1 Å². The molecule has 12 heteroatoms. The number of aromatic hydroxyl groups is 2. The van der Waals surface area contributed by atoms with Crippen molar-refractivity contribution >= 4 is 23.9 Å². The van der Waals surface area contributed by atoms with Crippen LogP contribution in [0.5, 0.6) is 11.8 Å². The Morgan fingerprint density at radius 2 is 1.06 bits per heavy atom. The third-order valence-corrected chi connectivity index (χ3v) is 7.39. The summed E-state index contributed by atoms with van der Waals surface area (Å²) in [6.07, 6.45) is 16.0. The number of nitrogens with zero attached hydrogens (tertiary/aromatic N) is 2. The molecule has 0 spiro atoms. The first-order valence-electron chi connectivity index (χ1n) is 17.8. The fraction of sp³-hybridized carbons (Fsp3) is 0.778. The van der Waals surface area contributed by atoms with E-state index >= 15 is 0 Å². The number of rotatable bonds is 24. The monoisotopic (exact) mass is 681 g/mol. The SMILES string of the molecule is CC(C)(C)OC(=O)CCCCCCCCCCCCCCCCNC(=O)CCN(CCC(=O)On1c(O)ccc1O)C(=O)OC(C)(C)C. The summed E-state index contributed by atoms with van der Waals surface area (Å²) < 4.78 is 11.3. The molecule has 0 saturated carbocycles. The Morgan fingerprint density at radius 1 is 0.625 bits per heavy atom. The van der Waals surface area contributed by atoms with Gasteiger partial charge in [-0.3, -0.25) is 9.59 Å². The van der Waals surface area contributed by atoms with E-state index in [9.17, 15) is 29.4 Å². The molecule has 276 valence electrons. The Labute approximate surface area is 287 Å². The van der Waals surface area contributed by atoms with E-state index in [1.54, 1.807) is 20.8 Å². The summed E-state index contributed by atoms with van der Waals surface area (Å²) >= 11 is 0. The predicted molar refractivity (Wildman–Crippen MR) is 184 cm³/mol. The van der Waals surface area contributed by atoms with Gasteiger partial charge in [-0.15, -0.1) is 4.73 Å².